The van der Waals surface area contributed by atoms with E-state index < -0.39 is 0 Å². The van der Waals surface area contributed by atoms with Crippen molar-refractivity contribution in [2.75, 3.05) is 26.2 Å². The predicted molar refractivity (Wildman–Crippen MR) is 65.1 cm³/mol. The molecular weight excluding hydrogens is 204 g/mol. The summed E-state index contributed by atoms with van der Waals surface area (Å²) in [7, 11) is 0. The highest BCUT2D eigenvalue weighted by molar-refractivity contribution is 5.83. The third-order valence-corrected chi connectivity index (χ3v) is 2.10. The molecule has 0 bridgehead atoms. The minimum Gasteiger partial charge on any atom is -0.507 e. The number of hydrogen-bond donors (Lipinski definition) is 3. The molecule has 4 nitrogen and oxygen atoms in total. The number of aromatic hydroxyl groups is 1. The van der Waals surface area contributed by atoms with Gasteiger partial charge in [0.05, 0.1) is 6.61 Å². The van der Waals surface area contributed by atoms with Crippen LogP contribution in [0.3, 0.4) is 0 Å². The molecule has 0 aliphatic carbocycles. The van der Waals surface area contributed by atoms with Gasteiger partial charge in [0.25, 0.3) is 0 Å². The third kappa shape index (κ3) is 4.91. The van der Waals surface area contributed by atoms with E-state index in [2.05, 4.69) is 10.3 Å². The van der Waals surface area contributed by atoms with Gasteiger partial charge in [0.15, 0.2) is 0 Å². The normalized spacial score (nSPS) is 11.1. The molecule has 0 aliphatic rings. The van der Waals surface area contributed by atoms with Crippen molar-refractivity contribution >= 4 is 6.21 Å². The predicted octanol–water partition coefficient (Wildman–Crippen LogP) is 0.783. The molecule has 0 heterocycles. The summed E-state index contributed by atoms with van der Waals surface area (Å²) < 4.78 is 0. The van der Waals surface area contributed by atoms with E-state index in [9.17, 15) is 5.11 Å². The van der Waals surface area contributed by atoms with Gasteiger partial charge in [-0.1, -0.05) is 12.1 Å². The zero-order chi connectivity index (χ0) is 11.6. The summed E-state index contributed by atoms with van der Waals surface area (Å²) in [5, 5.41) is 21.1. The number of phenolic OH excluding ortho intramolecular Hbond substituents is 1. The van der Waals surface area contributed by atoms with Gasteiger partial charge in [-0.05, 0) is 25.1 Å². The highest BCUT2D eigenvalue weighted by Crippen LogP contribution is 2.12. The average Bonchev–Trinajstić information content (AvgIpc) is 2.30. The number of para-hydroxylation sites is 1. The molecule has 4 heteroatoms. The van der Waals surface area contributed by atoms with E-state index in [-0.39, 0.29) is 12.4 Å². The maximum Gasteiger partial charge on any atom is 0.124 e. The van der Waals surface area contributed by atoms with Gasteiger partial charge in [0, 0.05) is 24.9 Å². The molecule has 16 heavy (non-hydrogen) atoms. The van der Waals surface area contributed by atoms with E-state index in [1.165, 1.54) is 0 Å². The van der Waals surface area contributed by atoms with Crippen LogP contribution in [-0.4, -0.2) is 42.7 Å². The molecule has 0 atom stereocenters. The number of nitrogens with zero attached hydrogens (tertiary/aromatic N) is 1. The number of aliphatic hydroxyl groups is 1. The van der Waals surface area contributed by atoms with Crippen molar-refractivity contribution in [1.29, 1.82) is 0 Å². The summed E-state index contributed by atoms with van der Waals surface area (Å²) in [5.41, 5.74) is 0.741. The summed E-state index contributed by atoms with van der Waals surface area (Å²) in [6.45, 7) is 2.36. The summed E-state index contributed by atoms with van der Waals surface area (Å²) in [6.07, 6.45) is 2.60. The molecule has 0 amide bonds. The van der Waals surface area contributed by atoms with E-state index in [0.717, 1.165) is 18.5 Å². The molecule has 1 aromatic carbocycles. The van der Waals surface area contributed by atoms with Gasteiger partial charge in [0.1, 0.15) is 5.75 Å². The molecule has 88 valence electrons. The Morgan fingerprint density at radius 3 is 2.81 bits per heavy atom. The molecule has 1 aromatic rings. The fraction of sp³-hybridized carbons (Fsp3) is 0.417. The quantitative estimate of drug-likeness (QED) is 0.472. The second-order valence-electron chi connectivity index (χ2n) is 3.42. The second-order valence-corrected chi connectivity index (χ2v) is 3.42. The zero-order valence-corrected chi connectivity index (χ0v) is 9.26. The number of aliphatic hydroxyl groups excluding tert-OH is 1. The average molecular weight is 222 g/mol. The molecule has 0 saturated heterocycles. The molecule has 0 saturated carbocycles. The zero-order valence-electron chi connectivity index (χ0n) is 9.26. The maximum atomic E-state index is 9.45. The van der Waals surface area contributed by atoms with Gasteiger partial charge >= 0.3 is 0 Å². The lowest BCUT2D eigenvalue weighted by molar-refractivity contribution is 0.292. The Balaban J connectivity index is 2.20. The molecule has 0 aliphatic heterocycles. The molecular formula is C12H18N2O2. The number of aliphatic imine (C=N–C) groups is 1. The van der Waals surface area contributed by atoms with Crippen LogP contribution in [0.25, 0.3) is 0 Å². The van der Waals surface area contributed by atoms with Crippen molar-refractivity contribution in [3.8, 4) is 5.75 Å². The van der Waals surface area contributed by atoms with Crippen LogP contribution in [-0.2, 0) is 0 Å². The van der Waals surface area contributed by atoms with Gasteiger partial charge < -0.3 is 15.5 Å². The van der Waals surface area contributed by atoms with Crippen LogP contribution in [0.4, 0.5) is 0 Å². The van der Waals surface area contributed by atoms with Gasteiger partial charge in [-0.2, -0.15) is 0 Å². The molecule has 1 rings (SSSR count). The second kappa shape index (κ2) is 7.84. The Bertz CT molecular complexity index is 327. The third-order valence-electron chi connectivity index (χ3n) is 2.10. The van der Waals surface area contributed by atoms with Crippen LogP contribution in [0.2, 0.25) is 0 Å². The summed E-state index contributed by atoms with van der Waals surface area (Å²) in [5.74, 6) is 0.254. The largest absolute Gasteiger partial charge is 0.507 e. The molecule has 0 fully saturated rings. The first-order valence-corrected chi connectivity index (χ1v) is 5.44. The summed E-state index contributed by atoms with van der Waals surface area (Å²) in [6, 6.07) is 7.11. The number of benzene rings is 1. The van der Waals surface area contributed by atoms with Crippen LogP contribution < -0.4 is 5.32 Å². The Kier molecular flexibility index (Phi) is 6.22. The smallest absolute Gasteiger partial charge is 0.124 e. The minimum absolute atomic E-state index is 0.168. The van der Waals surface area contributed by atoms with Crippen LogP contribution in [0.15, 0.2) is 29.3 Å². The van der Waals surface area contributed by atoms with Crippen molar-refractivity contribution < 1.29 is 10.2 Å². The Morgan fingerprint density at radius 1 is 1.25 bits per heavy atom. The van der Waals surface area contributed by atoms with E-state index in [4.69, 9.17) is 5.11 Å². The first-order valence-electron chi connectivity index (χ1n) is 5.44. The first-order chi connectivity index (χ1) is 7.84. The first kappa shape index (κ1) is 12.7. The van der Waals surface area contributed by atoms with Gasteiger partial charge in [-0.3, -0.25) is 4.99 Å². The summed E-state index contributed by atoms with van der Waals surface area (Å²) >= 11 is 0. The van der Waals surface area contributed by atoms with Crippen molar-refractivity contribution in [1.82, 2.24) is 5.32 Å². The van der Waals surface area contributed by atoms with Crippen LogP contribution >= 0.6 is 0 Å². The Labute approximate surface area is 95.7 Å². The lowest BCUT2D eigenvalue weighted by Crippen LogP contribution is -2.19. The standard InChI is InChI=1S/C12H18N2O2/c15-9-8-13-6-3-7-14-10-11-4-1-2-5-12(11)16/h1-2,4-5,10,13,15-16H,3,6-9H2. The minimum atomic E-state index is 0.168. The lowest BCUT2D eigenvalue weighted by Gasteiger charge is -2.00. The SMILES string of the molecule is OCCNCCCN=Cc1ccccc1O. The summed E-state index contributed by atoms with van der Waals surface area (Å²) in [4.78, 5) is 4.21. The highest BCUT2D eigenvalue weighted by Gasteiger charge is 1.93. The van der Waals surface area contributed by atoms with Crippen LogP contribution in [0.1, 0.15) is 12.0 Å². The molecule has 3 N–H and O–H groups in total. The van der Waals surface area contributed by atoms with E-state index in [0.29, 0.717) is 13.1 Å². The van der Waals surface area contributed by atoms with Crippen molar-refractivity contribution in [2.24, 2.45) is 4.99 Å². The number of nitrogens with one attached hydrogen (secondary N) is 1. The Morgan fingerprint density at radius 2 is 2.06 bits per heavy atom. The van der Waals surface area contributed by atoms with E-state index in [1.54, 1.807) is 18.3 Å². The highest BCUT2D eigenvalue weighted by atomic mass is 16.3. The lowest BCUT2D eigenvalue weighted by atomic mass is 10.2. The molecule has 0 radical (unpaired) electrons. The van der Waals surface area contributed by atoms with Crippen molar-refractivity contribution in [3.63, 3.8) is 0 Å². The number of rotatable bonds is 7. The maximum absolute atomic E-state index is 9.45. The van der Waals surface area contributed by atoms with Gasteiger partial charge in [-0.25, -0.2) is 0 Å². The molecule has 0 unspecified atom stereocenters. The topological polar surface area (TPSA) is 64.8 Å². The van der Waals surface area contributed by atoms with E-state index >= 15 is 0 Å². The van der Waals surface area contributed by atoms with Gasteiger partial charge in [0.2, 0.25) is 0 Å². The van der Waals surface area contributed by atoms with Crippen LogP contribution in [0, 0.1) is 0 Å². The number of hydrogen-bond acceptors (Lipinski definition) is 4. The fourth-order valence-electron chi connectivity index (χ4n) is 1.26. The van der Waals surface area contributed by atoms with Gasteiger partial charge in [-0.15, -0.1) is 0 Å². The van der Waals surface area contributed by atoms with Crippen molar-refractivity contribution in [2.45, 2.75) is 6.42 Å². The van der Waals surface area contributed by atoms with Crippen LogP contribution in [0.5, 0.6) is 5.75 Å². The Hall–Kier alpha value is -1.39. The number of phenols is 1. The monoisotopic (exact) mass is 222 g/mol. The fourth-order valence-corrected chi connectivity index (χ4v) is 1.26. The molecule has 0 spiro atoms. The van der Waals surface area contributed by atoms with E-state index in [1.807, 2.05) is 12.1 Å². The van der Waals surface area contributed by atoms with Crippen molar-refractivity contribution in [3.05, 3.63) is 29.8 Å². The molecule has 0 aromatic heterocycles.